The summed E-state index contributed by atoms with van der Waals surface area (Å²) in [5.74, 6) is 1.30. The normalized spacial score (nSPS) is 16.2. The Hall–Kier alpha value is -4.52. The third kappa shape index (κ3) is 6.84. The number of carbonyl (C=O) groups excluding carboxylic acids is 2. The molecule has 3 N–H and O–H groups in total. The lowest BCUT2D eigenvalue weighted by Gasteiger charge is -2.35. The highest BCUT2D eigenvalue weighted by atomic mass is 16.5. The second-order valence-electron chi connectivity index (χ2n) is 12.7. The van der Waals surface area contributed by atoms with Gasteiger partial charge in [-0.1, -0.05) is 0 Å². The van der Waals surface area contributed by atoms with E-state index in [1.165, 1.54) is 0 Å². The van der Waals surface area contributed by atoms with E-state index in [1.54, 1.807) is 54.8 Å². The van der Waals surface area contributed by atoms with Crippen LogP contribution in [0, 0.1) is 0 Å². The molecule has 0 spiro atoms. The number of urea groups is 1. The first kappa shape index (κ1) is 31.5. The molecule has 12 nitrogen and oxygen atoms in total. The molecule has 46 heavy (non-hydrogen) atoms. The van der Waals surface area contributed by atoms with E-state index in [1.807, 2.05) is 29.2 Å². The van der Waals surface area contributed by atoms with Crippen LogP contribution in [0.5, 0.6) is 0 Å². The first-order chi connectivity index (χ1) is 22.1. The molecule has 2 aliphatic heterocycles. The summed E-state index contributed by atoms with van der Waals surface area (Å²) in [6, 6.07) is 18.2. The van der Waals surface area contributed by atoms with Crippen LogP contribution < -0.4 is 15.5 Å². The summed E-state index contributed by atoms with van der Waals surface area (Å²) in [7, 11) is 4.16. The van der Waals surface area contributed by atoms with Crippen molar-refractivity contribution in [2.24, 2.45) is 0 Å². The maximum absolute atomic E-state index is 13.0. The fraction of sp³-hybridized carbons (Fsp3) is 0.412. The second kappa shape index (κ2) is 13.1. The van der Waals surface area contributed by atoms with Crippen molar-refractivity contribution in [1.29, 1.82) is 0 Å². The van der Waals surface area contributed by atoms with Gasteiger partial charge in [-0.15, -0.1) is 5.10 Å². The summed E-state index contributed by atoms with van der Waals surface area (Å²) in [5.41, 5.74) is 2.95. The van der Waals surface area contributed by atoms with Gasteiger partial charge < -0.3 is 35.2 Å². The summed E-state index contributed by atoms with van der Waals surface area (Å²) in [4.78, 5) is 37.0. The molecule has 0 bridgehead atoms. The highest BCUT2D eigenvalue weighted by Crippen LogP contribution is 2.30. The van der Waals surface area contributed by atoms with E-state index >= 15 is 0 Å². The van der Waals surface area contributed by atoms with Crippen LogP contribution in [0.2, 0.25) is 0 Å². The summed E-state index contributed by atoms with van der Waals surface area (Å²) in [5, 5.41) is 21.3. The van der Waals surface area contributed by atoms with Crippen molar-refractivity contribution in [3.63, 3.8) is 0 Å². The highest BCUT2D eigenvalue weighted by Gasteiger charge is 2.26. The topological polar surface area (TPSA) is 128 Å². The monoisotopic (exact) mass is 626 g/mol. The fourth-order valence-corrected chi connectivity index (χ4v) is 6.03. The van der Waals surface area contributed by atoms with Crippen LogP contribution in [-0.2, 0) is 10.3 Å². The number of rotatable bonds is 7. The lowest BCUT2D eigenvalue weighted by molar-refractivity contribution is 0.0662. The average molecular weight is 627 g/mol. The number of morpholine rings is 1. The summed E-state index contributed by atoms with van der Waals surface area (Å²) in [6.07, 6.45) is 1.93. The van der Waals surface area contributed by atoms with E-state index in [-0.39, 0.29) is 5.91 Å². The number of anilines is 3. The van der Waals surface area contributed by atoms with Gasteiger partial charge in [0.15, 0.2) is 11.6 Å². The Morgan fingerprint density at radius 1 is 0.891 bits per heavy atom. The third-order valence-electron chi connectivity index (χ3n) is 8.70. The van der Waals surface area contributed by atoms with E-state index < -0.39 is 11.6 Å². The molecule has 0 saturated carbocycles. The van der Waals surface area contributed by atoms with Crippen LogP contribution in [0.3, 0.4) is 0 Å². The molecule has 0 aliphatic carbocycles. The Labute approximate surface area is 269 Å². The number of carbonyl (C=O) groups is 2. The zero-order chi connectivity index (χ0) is 32.4. The van der Waals surface area contributed by atoms with E-state index in [0.717, 1.165) is 42.8 Å². The maximum Gasteiger partial charge on any atom is 0.323 e. The molecule has 2 saturated heterocycles. The van der Waals surface area contributed by atoms with Crippen molar-refractivity contribution in [1.82, 2.24) is 24.4 Å². The van der Waals surface area contributed by atoms with Crippen molar-refractivity contribution in [3.05, 3.63) is 71.9 Å². The van der Waals surface area contributed by atoms with E-state index in [9.17, 15) is 14.7 Å². The van der Waals surface area contributed by atoms with Crippen LogP contribution in [0.25, 0.3) is 16.9 Å². The van der Waals surface area contributed by atoms with Crippen molar-refractivity contribution in [2.75, 3.05) is 69.0 Å². The van der Waals surface area contributed by atoms with Crippen molar-refractivity contribution >= 4 is 34.6 Å². The molecule has 2 aromatic heterocycles. The number of aliphatic hydroxyl groups is 1. The number of nitrogens with one attached hydrogen (secondary N) is 2. The van der Waals surface area contributed by atoms with Crippen LogP contribution >= 0.6 is 0 Å². The van der Waals surface area contributed by atoms with Gasteiger partial charge in [0.2, 0.25) is 0 Å². The first-order valence-corrected chi connectivity index (χ1v) is 15.8. The molecule has 6 rings (SSSR count). The van der Waals surface area contributed by atoms with Crippen molar-refractivity contribution < 1.29 is 19.4 Å². The molecule has 0 unspecified atom stereocenters. The number of amides is 3. The SMILES string of the molecule is CN(C)C1CCN(C(=O)c2ccc(NC(=O)Nc3ccc(-c4nc(N5CCOCC5)c5ccc(C(C)(C)O)n5n4)cc3)cc2)CC1. The van der Waals surface area contributed by atoms with E-state index in [0.29, 0.717) is 60.8 Å². The van der Waals surface area contributed by atoms with Gasteiger partial charge in [0.05, 0.1) is 18.9 Å². The van der Waals surface area contributed by atoms with Gasteiger partial charge in [-0.2, -0.15) is 0 Å². The number of ether oxygens (including phenoxy) is 1. The molecule has 2 aromatic carbocycles. The standard InChI is InChI=1S/C34H42N8O4/c1-34(2,45)29-14-13-28-31(40-19-21-46-22-20-40)37-30(38-42(28)29)23-5-9-25(10-6-23)35-33(44)36-26-11-7-24(8-12-26)32(43)41-17-15-27(16-18-41)39(3)4/h5-14,27,45H,15-22H2,1-4H3,(H2,35,36,44). The zero-order valence-corrected chi connectivity index (χ0v) is 26.9. The Morgan fingerprint density at radius 2 is 1.50 bits per heavy atom. The molecule has 0 atom stereocenters. The average Bonchev–Trinajstić information content (AvgIpc) is 3.50. The Bertz CT molecular complexity index is 1680. The smallest absolute Gasteiger partial charge is 0.323 e. The molecule has 2 aliphatic rings. The van der Waals surface area contributed by atoms with Gasteiger partial charge in [-0.25, -0.2) is 14.3 Å². The number of likely N-dealkylation sites (tertiary alicyclic amines) is 1. The van der Waals surface area contributed by atoms with E-state index in [2.05, 4.69) is 34.5 Å². The predicted molar refractivity (Wildman–Crippen MR) is 178 cm³/mol. The number of nitrogens with zero attached hydrogens (tertiary/aromatic N) is 6. The largest absolute Gasteiger partial charge is 0.384 e. The number of hydrogen-bond donors (Lipinski definition) is 3. The molecule has 0 radical (unpaired) electrons. The number of hydrogen-bond acceptors (Lipinski definition) is 8. The minimum Gasteiger partial charge on any atom is -0.384 e. The fourth-order valence-electron chi connectivity index (χ4n) is 6.03. The lowest BCUT2D eigenvalue weighted by atomic mass is 10.0. The Morgan fingerprint density at radius 3 is 2.09 bits per heavy atom. The quantitative estimate of drug-likeness (QED) is 0.278. The Balaban J connectivity index is 1.12. The maximum atomic E-state index is 13.0. The van der Waals surface area contributed by atoms with Gasteiger partial charge in [0, 0.05) is 54.7 Å². The van der Waals surface area contributed by atoms with Crippen LogP contribution in [-0.4, -0.2) is 101 Å². The van der Waals surface area contributed by atoms with Crippen molar-refractivity contribution in [2.45, 2.75) is 38.3 Å². The highest BCUT2D eigenvalue weighted by molar-refractivity contribution is 6.00. The van der Waals surface area contributed by atoms with Gasteiger partial charge >= 0.3 is 6.03 Å². The van der Waals surface area contributed by atoms with Gasteiger partial charge in [-0.3, -0.25) is 4.79 Å². The van der Waals surface area contributed by atoms with E-state index in [4.69, 9.17) is 14.8 Å². The molecule has 242 valence electrons. The Kier molecular flexibility index (Phi) is 8.94. The minimum absolute atomic E-state index is 0.0153. The van der Waals surface area contributed by atoms with Crippen molar-refractivity contribution in [3.8, 4) is 11.4 Å². The number of fused-ring (bicyclic) bond motifs is 1. The third-order valence-corrected chi connectivity index (χ3v) is 8.70. The van der Waals surface area contributed by atoms with Gasteiger partial charge in [0.25, 0.3) is 5.91 Å². The molecule has 2 fully saturated rings. The summed E-state index contributed by atoms with van der Waals surface area (Å²) in [6.45, 7) is 7.61. The number of aromatic nitrogens is 3. The molecule has 3 amide bonds. The zero-order valence-electron chi connectivity index (χ0n) is 26.9. The predicted octanol–water partition coefficient (Wildman–Crippen LogP) is 4.27. The first-order valence-electron chi connectivity index (χ1n) is 15.8. The molecular weight excluding hydrogens is 584 g/mol. The lowest BCUT2D eigenvalue weighted by Crippen LogP contribution is -2.44. The van der Waals surface area contributed by atoms with Crippen LogP contribution in [0.4, 0.5) is 22.0 Å². The minimum atomic E-state index is -1.10. The van der Waals surface area contributed by atoms with Crippen LogP contribution in [0.15, 0.2) is 60.7 Å². The second-order valence-corrected chi connectivity index (χ2v) is 12.7. The number of benzene rings is 2. The molecular formula is C34H42N8O4. The van der Waals surface area contributed by atoms with Gasteiger partial charge in [0.1, 0.15) is 11.1 Å². The van der Waals surface area contributed by atoms with Crippen LogP contribution in [0.1, 0.15) is 42.7 Å². The molecule has 4 aromatic rings. The molecule has 4 heterocycles. The summed E-state index contributed by atoms with van der Waals surface area (Å²) < 4.78 is 7.31. The van der Waals surface area contributed by atoms with Gasteiger partial charge in [-0.05, 0) is 101 Å². The molecule has 12 heteroatoms. The number of piperidine rings is 1. The summed E-state index contributed by atoms with van der Waals surface area (Å²) >= 11 is 0.